The van der Waals surface area contributed by atoms with Crippen LogP contribution in [0.3, 0.4) is 0 Å². The Morgan fingerprint density at radius 2 is 2.38 bits per heavy atom. The minimum Gasteiger partial charge on any atom is -0.368 e. The Balaban J connectivity index is 2.01. The summed E-state index contributed by atoms with van der Waals surface area (Å²) in [6, 6.07) is 6.17. The van der Waals surface area contributed by atoms with E-state index in [4.69, 9.17) is 4.74 Å². The number of fused-ring (bicyclic) bond motifs is 1. The van der Waals surface area contributed by atoms with Gasteiger partial charge in [0.25, 0.3) is 0 Å². The van der Waals surface area contributed by atoms with Gasteiger partial charge in [-0.25, -0.2) is 4.98 Å². The molecule has 0 aliphatic carbocycles. The zero-order chi connectivity index (χ0) is 11.0. The lowest BCUT2D eigenvalue weighted by atomic mass is 10.2. The quantitative estimate of drug-likeness (QED) is 0.761. The Morgan fingerprint density at radius 3 is 3.12 bits per heavy atom. The van der Waals surface area contributed by atoms with Crippen LogP contribution in [0.1, 0.15) is 17.5 Å². The maximum atomic E-state index is 5.68. The summed E-state index contributed by atoms with van der Waals surface area (Å²) in [5.41, 5.74) is 3.33. The highest BCUT2D eigenvalue weighted by Gasteiger charge is 2.19. The summed E-state index contributed by atoms with van der Waals surface area (Å²) in [5.74, 6) is 0.927. The molecule has 1 aromatic carbocycles. The second kappa shape index (κ2) is 3.88. The highest BCUT2D eigenvalue weighted by Crippen LogP contribution is 2.21. The lowest BCUT2D eigenvalue weighted by molar-refractivity contribution is 0.0228. The Bertz CT molecular complexity index is 500. The molecule has 84 valence electrons. The molecular formula is C12H15N3O. The zero-order valence-corrected chi connectivity index (χ0v) is 9.29. The Morgan fingerprint density at radius 1 is 1.44 bits per heavy atom. The van der Waals surface area contributed by atoms with Gasteiger partial charge in [-0.1, -0.05) is 12.1 Å². The average Bonchev–Trinajstić information content (AvgIpc) is 2.76. The van der Waals surface area contributed by atoms with E-state index < -0.39 is 0 Å². The largest absolute Gasteiger partial charge is 0.368 e. The molecule has 2 heterocycles. The smallest absolute Gasteiger partial charge is 0.137 e. The normalized spacial score (nSPS) is 21.4. The summed E-state index contributed by atoms with van der Waals surface area (Å²) in [6.07, 6.45) is 0.0561. The number of H-pyrrole nitrogens is 1. The van der Waals surface area contributed by atoms with Crippen LogP contribution in [-0.2, 0) is 4.74 Å². The highest BCUT2D eigenvalue weighted by atomic mass is 16.5. The second-order valence-electron chi connectivity index (χ2n) is 4.16. The molecule has 16 heavy (non-hydrogen) atoms. The van der Waals surface area contributed by atoms with Crippen LogP contribution in [0, 0.1) is 6.92 Å². The van der Waals surface area contributed by atoms with E-state index in [1.54, 1.807) is 0 Å². The number of para-hydroxylation sites is 1. The molecule has 3 rings (SSSR count). The van der Waals surface area contributed by atoms with Gasteiger partial charge >= 0.3 is 0 Å². The molecule has 0 unspecified atom stereocenters. The number of rotatable bonds is 1. The summed E-state index contributed by atoms with van der Waals surface area (Å²) in [6.45, 7) is 4.59. The van der Waals surface area contributed by atoms with Crippen molar-refractivity contribution in [2.45, 2.75) is 13.0 Å². The van der Waals surface area contributed by atoms with Crippen LogP contribution in [0.4, 0.5) is 0 Å². The van der Waals surface area contributed by atoms with Gasteiger partial charge in [-0.2, -0.15) is 0 Å². The molecule has 2 aromatic rings. The second-order valence-corrected chi connectivity index (χ2v) is 4.16. The van der Waals surface area contributed by atoms with Gasteiger partial charge < -0.3 is 15.0 Å². The maximum Gasteiger partial charge on any atom is 0.137 e. The van der Waals surface area contributed by atoms with Crippen molar-refractivity contribution in [2.75, 3.05) is 19.7 Å². The fourth-order valence-electron chi connectivity index (χ4n) is 2.09. The maximum absolute atomic E-state index is 5.68. The molecule has 0 spiro atoms. The topological polar surface area (TPSA) is 49.9 Å². The first kappa shape index (κ1) is 9.81. The molecule has 1 aliphatic heterocycles. The van der Waals surface area contributed by atoms with E-state index >= 15 is 0 Å². The molecule has 1 saturated heterocycles. The monoisotopic (exact) mass is 217 g/mol. The standard InChI is InChI=1S/C12H15N3O/c1-8-3-2-4-9-11(8)15-12(14-9)10-7-13-5-6-16-10/h2-4,10,13H,5-7H2,1H3,(H,14,15)/t10-/m0/s1. The molecule has 0 saturated carbocycles. The van der Waals surface area contributed by atoms with Crippen LogP contribution in [0.15, 0.2) is 18.2 Å². The van der Waals surface area contributed by atoms with Gasteiger partial charge in [-0.15, -0.1) is 0 Å². The van der Waals surface area contributed by atoms with Crippen LogP contribution >= 0.6 is 0 Å². The number of imidazole rings is 1. The predicted molar refractivity (Wildman–Crippen MR) is 62.4 cm³/mol. The van der Waals surface area contributed by atoms with Crippen molar-refractivity contribution in [1.82, 2.24) is 15.3 Å². The summed E-state index contributed by atoms with van der Waals surface area (Å²) >= 11 is 0. The third-order valence-electron chi connectivity index (χ3n) is 2.97. The van der Waals surface area contributed by atoms with E-state index in [2.05, 4.69) is 34.3 Å². The molecule has 0 amide bonds. The van der Waals surface area contributed by atoms with Gasteiger partial charge in [-0.3, -0.25) is 0 Å². The fraction of sp³-hybridized carbons (Fsp3) is 0.417. The van der Waals surface area contributed by atoms with Crippen molar-refractivity contribution >= 4 is 11.0 Å². The van der Waals surface area contributed by atoms with E-state index in [0.29, 0.717) is 0 Å². The van der Waals surface area contributed by atoms with Crippen LogP contribution < -0.4 is 5.32 Å². The van der Waals surface area contributed by atoms with Gasteiger partial charge in [0, 0.05) is 13.1 Å². The molecule has 0 bridgehead atoms. The van der Waals surface area contributed by atoms with Crippen molar-refractivity contribution in [1.29, 1.82) is 0 Å². The molecule has 4 nitrogen and oxygen atoms in total. The Labute approximate surface area is 94.0 Å². The number of aryl methyl sites for hydroxylation is 1. The third kappa shape index (κ3) is 1.60. The minimum atomic E-state index is 0.0561. The van der Waals surface area contributed by atoms with Gasteiger partial charge in [0.05, 0.1) is 17.6 Å². The first-order chi connectivity index (χ1) is 7.84. The Kier molecular flexibility index (Phi) is 2.38. The van der Waals surface area contributed by atoms with Crippen molar-refractivity contribution in [3.05, 3.63) is 29.6 Å². The number of morpholine rings is 1. The SMILES string of the molecule is Cc1cccc2[nH]c([C@@H]3CNCCO3)nc12. The zero-order valence-electron chi connectivity index (χ0n) is 9.29. The lowest BCUT2D eigenvalue weighted by Gasteiger charge is -2.21. The summed E-state index contributed by atoms with van der Waals surface area (Å²) in [4.78, 5) is 7.95. The van der Waals surface area contributed by atoms with E-state index in [1.807, 2.05) is 6.07 Å². The van der Waals surface area contributed by atoms with Crippen LogP contribution in [0.5, 0.6) is 0 Å². The third-order valence-corrected chi connectivity index (χ3v) is 2.97. The van der Waals surface area contributed by atoms with Gasteiger partial charge in [0.2, 0.25) is 0 Å². The first-order valence-electron chi connectivity index (χ1n) is 5.62. The molecular weight excluding hydrogens is 202 g/mol. The summed E-state index contributed by atoms with van der Waals surface area (Å²) < 4.78 is 5.68. The van der Waals surface area contributed by atoms with Crippen LogP contribution in [0.2, 0.25) is 0 Å². The number of hydrogen-bond donors (Lipinski definition) is 2. The number of nitrogens with zero attached hydrogens (tertiary/aromatic N) is 1. The predicted octanol–water partition coefficient (Wildman–Crippen LogP) is 1.53. The van der Waals surface area contributed by atoms with Crippen LogP contribution in [-0.4, -0.2) is 29.7 Å². The first-order valence-corrected chi connectivity index (χ1v) is 5.62. The molecule has 1 fully saturated rings. The number of ether oxygens (including phenoxy) is 1. The molecule has 1 aliphatic rings. The van der Waals surface area contributed by atoms with Crippen molar-refractivity contribution < 1.29 is 4.74 Å². The molecule has 4 heteroatoms. The molecule has 0 radical (unpaired) electrons. The molecule has 1 aromatic heterocycles. The van der Waals surface area contributed by atoms with E-state index in [0.717, 1.165) is 36.6 Å². The van der Waals surface area contributed by atoms with Crippen molar-refractivity contribution in [3.8, 4) is 0 Å². The number of benzene rings is 1. The van der Waals surface area contributed by atoms with E-state index in [1.165, 1.54) is 5.56 Å². The molecule has 2 N–H and O–H groups in total. The number of aromatic nitrogens is 2. The summed E-state index contributed by atoms with van der Waals surface area (Å²) in [5, 5.41) is 3.31. The minimum absolute atomic E-state index is 0.0561. The average molecular weight is 217 g/mol. The summed E-state index contributed by atoms with van der Waals surface area (Å²) in [7, 11) is 0. The lowest BCUT2D eigenvalue weighted by Crippen LogP contribution is -2.33. The number of hydrogen-bond acceptors (Lipinski definition) is 3. The van der Waals surface area contributed by atoms with Gasteiger partial charge in [-0.05, 0) is 18.6 Å². The van der Waals surface area contributed by atoms with E-state index in [9.17, 15) is 0 Å². The van der Waals surface area contributed by atoms with Crippen molar-refractivity contribution in [3.63, 3.8) is 0 Å². The highest BCUT2D eigenvalue weighted by molar-refractivity contribution is 5.78. The Hall–Kier alpha value is -1.39. The van der Waals surface area contributed by atoms with Gasteiger partial charge in [0.1, 0.15) is 11.9 Å². The van der Waals surface area contributed by atoms with Crippen LogP contribution in [0.25, 0.3) is 11.0 Å². The molecule has 1 atom stereocenters. The fourth-order valence-corrected chi connectivity index (χ4v) is 2.09. The van der Waals surface area contributed by atoms with E-state index in [-0.39, 0.29) is 6.10 Å². The number of aromatic amines is 1. The number of nitrogens with one attached hydrogen (secondary N) is 2. The van der Waals surface area contributed by atoms with Crippen molar-refractivity contribution in [2.24, 2.45) is 0 Å². The van der Waals surface area contributed by atoms with Gasteiger partial charge in [0.15, 0.2) is 0 Å².